The Hall–Kier alpha value is -0.871. The topological polar surface area (TPSA) is 54.4 Å². The minimum Gasteiger partial charge on any atom is -0.282 e. The van der Waals surface area contributed by atoms with Crippen molar-refractivity contribution in [3.63, 3.8) is 0 Å². The monoisotopic (exact) mass is 390 g/mol. The van der Waals surface area contributed by atoms with Crippen LogP contribution in [0.4, 0.5) is 0 Å². The minimum atomic E-state index is -4.30. The number of hydrogen-bond donors (Lipinski definition) is 1. The van der Waals surface area contributed by atoms with Crippen molar-refractivity contribution < 1.29 is 30.0 Å². The standard InChI is InChI=1S/C19H26O3S.Fe/c1-11(2)16-14-9-7-8-10-15(14)19(23(20,21)22)18(13(5)6)17(16)12(3)4;/h7-13H,1-6H3,(H,20,21,22);. The maximum atomic E-state index is 12.2. The van der Waals surface area contributed by atoms with Crippen LogP contribution in [0.25, 0.3) is 10.8 Å². The van der Waals surface area contributed by atoms with Crippen molar-refractivity contribution in [1.82, 2.24) is 0 Å². The molecule has 3 nitrogen and oxygen atoms in total. The molecule has 0 atom stereocenters. The Morgan fingerprint density at radius 1 is 0.750 bits per heavy atom. The third kappa shape index (κ3) is 3.70. The molecule has 0 spiro atoms. The summed E-state index contributed by atoms with van der Waals surface area (Å²) in [6, 6.07) is 7.48. The van der Waals surface area contributed by atoms with E-state index < -0.39 is 10.1 Å². The maximum Gasteiger partial charge on any atom is 0.295 e. The largest absolute Gasteiger partial charge is 0.295 e. The molecule has 134 valence electrons. The summed E-state index contributed by atoms with van der Waals surface area (Å²) < 4.78 is 34.3. The minimum absolute atomic E-state index is 0. The van der Waals surface area contributed by atoms with E-state index in [0.717, 1.165) is 16.5 Å². The van der Waals surface area contributed by atoms with E-state index in [1.54, 1.807) is 6.07 Å². The van der Waals surface area contributed by atoms with E-state index in [2.05, 4.69) is 27.7 Å². The van der Waals surface area contributed by atoms with E-state index in [0.29, 0.717) is 5.39 Å². The van der Waals surface area contributed by atoms with Gasteiger partial charge in [-0.25, -0.2) is 0 Å². The van der Waals surface area contributed by atoms with Crippen molar-refractivity contribution in [2.45, 2.75) is 64.2 Å². The SMILES string of the molecule is CC(C)c1c(C(C)C)c(S(=O)(=O)O)c2ccccc2c1C(C)C.[Fe]. The Labute approximate surface area is 156 Å². The molecule has 2 aromatic rings. The van der Waals surface area contributed by atoms with E-state index >= 15 is 0 Å². The first-order valence-corrected chi connectivity index (χ1v) is 9.57. The molecule has 0 aliphatic heterocycles. The van der Waals surface area contributed by atoms with Gasteiger partial charge in [0.1, 0.15) is 4.90 Å². The van der Waals surface area contributed by atoms with Crippen LogP contribution in [0.2, 0.25) is 0 Å². The predicted octanol–water partition coefficient (Wildman–Crippen LogP) is 5.45. The van der Waals surface area contributed by atoms with Crippen LogP contribution in [-0.4, -0.2) is 13.0 Å². The zero-order chi connectivity index (χ0) is 17.5. The molecule has 0 fully saturated rings. The Morgan fingerprint density at radius 3 is 1.54 bits per heavy atom. The van der Waals surface area contributed by atoms with Gasteiger partial charge in [0.15, 0.2) is 0 Å². The smallest absolute Gasteiger partial charge is 0.282 e. The summed E-state index contributed by atoms with van der Waals surface area (Å²) in [6.07, 6.45) is 0. The molecule has 1 N–H and O–H groups in total. The average molecular weight is 390 g/mol. The predicted molar refractivity (Wildman–Crippen MR) is 96.0 cm³/mol. The van der Waals surface area contributed by atoms with Crippen LogP contribution in [0.5, 0.6) is 0 Å². The van der Waals surface area contributed by atoms with E-state index in [4.69, 9.17) is 0 Å². The molecule has 0 radical (unpaired) electrons. The zero-order valence-corrected chi connectivity index (χ0v) is 17.0. The van der Waals surface area contributed by atoms with Gasteiger partial charge in [0.05, 0.1) is 0 Å². The van der Waals surface area contributed by atoms with Gasteiger partial charge in [-0.15, -0.1) is 0 Å². The van der Waals surface area contributed by atoms with Gasteiger partial charge in [-0.2, -0.15) is 8.42 Å². The molecular weight excluding hydrogens is 364 g/mol. The van der Waals surface area contributed by atoms with Gasteiger partial charge < -0.3 is 0 Å². The first kappa shape index (κ1) is 21.2. The fourth-order valence-corrected chi connectivity index (χ4v) is 4.65. The maximum absolute atomic E-state index is 12.2. The normalized spacial score (nSPS) is 12.2. The summed E-state index contributed by atoms with van der Waals surface area (Å²) in [7, 11) is -4.30. The van der Waals surface area contributed by atoms with Crippen LogP contribution in [0.15, 0.2) is 29.2 Å². The Morgan fingerprint density at radius 2 is 1.17 bits per heavy atom. The third-order valence-corrected chi connectivity index (χ3v) is 5.23. The second-order valence-electron chi connectivity index (χ2n) is 7.05. The summed E-state index contributed by atoms with van der Waals surface area (Å²) in [4.78, 5) is 0.0798. The van der Waals surface area contributed by atoms with Gasteiger partial charge in [0, 0.05) is 22.5 Å². The number of rotatable bonds is 4. The summed E-state index contributed by atoms with van der Waals surface area (Å²) >= 11 is 0. The molecule has 0 bridgehead atoms. The fourth-order valence-electron chi connectivity index (χ4n) is 3.57. The van der Waals surface area contributed by atoms with Crippen LogP contribution in [0.3, 0.4) is 0 Å². The Balaban J connectivity index is 0.00000288. The second kappa shape index (κ2) is 7.57. The van der Waals surface area contributed by atoms with E-state index in [1.165, 1.54) is 5.56 Å². The van der Waals surface area contributed by atoms with Crippen LogP contribution in [0.1, 0.15) is 76.0 Å². The van der Waals surface area contributed by atoms with E-state index in [9.17, 15) is 13.0 Å². The van der Waals surface area contributed by atoms with E-state index in [-0.39, 0.29) is 39.7 Å². The summed E-state index contributed by atoms with van der Waals surface area (Å²) in [5.41, 5.74) is 3.00. The molecule has 0 aliphatic carbocycles. The van der Waals surface area contributed by atoms with Gasteiger partial charge >= 0.3 is 0 Å². The summed E-state index contributed by atoms with van der Waals surface area (Å²) in [5, 5.41) is 1.54. The first-order valence-electron chi connectivity index (χ1n) is 8.13. The van der Waals surface area contributed by atoms with Crippen molar-refractivity contribution in [2.24, 2.45) is 0 Å². The number of benzene rings is 2. The molecule has 0 aliphatic rings. The molecule has 0 heterocycles. The molecule has 24 heavy (non-hydrogen) atoms. The fraction of sp³-hybridized carbons (Fsp3) is 0.474. The van der Waals surface area contributed by atoms with Crippen molar-refractivity contribution in [3.8, 4) is 0 Å². The van der Waals surface area contributed by atoms with Crippen LogP contribution < -0.4 is 0 Å². The molecule has 2 aromatic carbocycles. The van der Waals surface area contributed by atoms with Gasteiger partial charge in [-0.3, -0.25) is 4.55 Å². The Bertz CT molecular complexity index is 837. The van der Waals surface area contributed by atoms with Gasteiger partial charge in [0.2, 0.25) is 0 Å². The molecule has 0 saturated heterocycles. The van der Waals surface area contributed by atoms with Crippen LogP contribution >= 0.6 is 0 Å². The average Bonchev–Trinajstić information content (AvgIpc) is 2.42. The van der Waals surface area contributed by atoms with E-state index in [1.807, 2.05) is 32.0 Å². The molecule has 2 rings (SSSR count). The van der Waals surface area contributed by atoms with Gasteiger partial charge in [0.25, 0.3) is 10.1 Å². The van der Waals surface area contributed by atoms with Crippen molar-refractivity contribution in [3.05, 3.63) is 41.0 Å². The van der Waals surface area contributed by atoms with Crippen LogP contribution in [-0.2, 0) is 27.2 Å². The Kier molecular flexibility index (Phi) is 6.68. The van der Waals surface area contributed by atoms with Crippen molar-refractivity contribution in [2.75, 3.05) is 0 Å². The molecule has 0 amide bonds. The quantitative estimate of drug-likeness (QED) is 0.558. The van der Waals surface area contributed by atoms with Gasteiger partial charge in [-0.05, 0) is 39.8 Å². The zero-order valence-electron chi connectivity index (χ0n) is 15.1. The molecular formula is C19H26FeO3S. The molecule has 0 saturated carbocycles. The van der Waals surface area contributed by atoms with Gasteiger partial charge in [-0.1, -0.05) is 65.8 Å². The van der Waals surface area contributed by atoms with Crippen molar-refractivity contribution in [1.29, 1.82) is 0 Å². The third-order valence-electron chi connectivity index (χ3n) is 4.28. The summed E-state index contributed by atoms with van der Waals surface area (Å²) in [6.45, 7) is 12.4. The van der Waals surface area contributed by atoms with Crippen molar-refractivity contribution >= 4 is 20.9 Å². The number of fused-ring (bicyclic) bond motifs is 1. The molecule has 0 aromatic heterocycles. The summed E-state index contributed by atoms with van der Waals surface area (Å²) in [5.74, 6) is 0.451. The number of hydrogen-bond acceptors (Lipinski definition) is 2. The van der Waals surface area contributed by atoms with Crippen LogP contribution in [0, 0.1) is 0 Å². The first-order chi connectivity index (χ1) is 10.6. The molecule has 0 unspecified atom stereocenters. The molecule has 5 heteroatoms. The second-order valence-corrected chi connectivity index (χ2v) is 8.41.